The standard InChI is InChI=1S/C16H21ClFN3/c1-9(2)10-5-3-4-6-14(10)21-15-8-12(18)11(17)7-13(15)20-16(21)19/h7-10,14H,3-6H2,1-2H3,(H2,19,20). The fourth-order valence-electron chi connectivity index (χ4n) is 3.70. The molecule has 0 aliphatic heterocycles. The Hall–Kier alpha value is -1.29. The summed E-state index contributed by atoms with van der Waals surface area (Å²) in [7, 11) is 0. The summed E-state index contributed by atoms with van der Waals surface area (Å²) in [4.78, 5) is 4.37. The summed E-state index contributed by atoms with van der Waals surface area (Å²) in [5.41, 5.74) is 7.56. The van der Waals surface area contributed by atoms with Gasteiger partial charge in [-0.05, 0) is 30.7 Å². The van der Waals surface area contributed by atoms with Crippen molar-refractivity contribution in [2.24, 2.45) is 11.8 Å². The topological polar surface area (TPSA) is 43.8 Å². The van der Waals surface area contributed by atoms with Gasteiger partial charge in [0, 0.05) is 12.1 Å². The minimum Gasteiger partial charge on any atom is -0.369 e. The number of hydrogen-bond acceptors (Lipinski definition) is 2. The summed E-state index contributed by atoms with van der Waals surface area (Å²) in [6.45, 7) is 4.49. The first-order valence-electron chi connectivity index (χ1n) is 7.61. The Kier molecular flexibility index (Phi) is 3.82. The van der Waals surface area contributed by atoms with Crippen molar-refractivity contribution in [2.45, 2.75) is 45.6 Å². The maximum absolute atomic E-state index is 13.8. The first-order chi connectivity index (χ1) is 9.99. The predicted molar refractivity (Wildman–Crippen MR) is 84.9 cm³/mol. The van der Waals surface area contributed by atoms with Gasteiger partial charge in [-0.25, -0.2) is 9.37 Å². The number of nitrogens with zero attached hydrogens (tertiary/aromatic N) is 2. The van der Waals surface area contributed by atoms with Crippen LogP contribution in [0.25, 0.3) is 11.0 Å². The maximum atomic E-state index is 13.8. The van der Waals surface area contributed by atoms with Crippen LogP contribution in [0, 0.1) is 17.7 Å². The molecule has 2 N–H and O–H groups in total. The van der Waals surface area contributed by atoms with E-state index in [9.17, 15) is 4.39 Å². The first kappa shape index (κ1) is 14.6. The van der Waals surface area contributed by atoms with Crippen molar-refractivity contribution >= 4 is 28.6 Å². The quantitative estimate of drug-likeness (QED) is 0.866. The van der Waals surface area contributed by atoms with Crippen LogP contribution in [0.15, 0.2) is 12.1 Å². The Bertz CT molecular complexity index is 665. The van der Waals surface area contributed by atoms with E-state index in [1.54, 1.807) is 6.07 Å². The third-order valence-electron chi connectivity index (χ3n) is 4.73. The molecular weight excluding hydrogens is 289 g/mol. The lowest BCUT2D eigenvalue weighted by atomic mass is 9.77. The minimum atomic E-state index is -0.415. The number of rotatable bonds is 2. The monoisotopic (exact) mass is 309 g/mol. The van der Waals surface area contributed by atoms with Crippen LogP contribution in [0.4, 0.5) is 10.3 Å². The summed E-state index contributed by atoms with van der Waals surface area (Å²) in [6.07, 6.45) is 4.70. The van der Waals surface area contributed by atoms with Gasteiger partial charge in [0.25, 0.3) is 0 Å². The molecule has 3 rings (SSSR count). The molecule has 0 radical (unpaired) electrons. The van der Waals surface area contributed by atoms with Gasteiger partial charge in [-0.2, -0.15) is 0 Å². The Labute approximate surface area is 129 Å². The summed E-state index contributed by atoms with van der Waals surface area (Å²) < 4.78 is 15.9. The zero-order valence-electron chi connectivity index (χ0n) is 12.4. The van der Waals surface area contributed by atoms with Gasteiger partial charge in [-0.1, -0.05) is 38.3 Å². The SMILES string of the molecule is CC(C)C1CCCCC1n1c(N)nc2cc(Cl)c(F)cc21. The van der Waals surface area contributed by atoms with Gasteiger partial charge in [0.2, 0.25) is 5.95 Å². The average molecular weight is 310 g/mol. The molecule has 0 amide bonds. The number of anilines is 1. The van der Waals surface area contributed by atoms with E-state index in [4.69, 9.17) is 17.3 Å². The average Bonchev–Trinajstić information content (AvgIpc) is 2.74. The van der Waals surface area contributed by atoms with E-state index in [0.717, 1.165) is 11.9 Å². The number of nitrogens with two attached hydrogens (primary N) is 1. The van der Waals surface area contributed by atoms with Crippen molar-refractivity contribution in [3.05, 3.63) is 23.0 Å². The van der Waals surface area contributed by atoms with Crippen LogP contribution >= 0.6 is 11.6 Å². The second-order valence-electron chi connectivity index (χ2n) is 6.35. The van der Waals surface area contributed by atoms with Gasteiger partial charge in [0.1, 0.15) is 5.82 Å². The van der Waals surface area contributed by atoms with Crippen LogP contribution in [0.1, 0.15) is 45.6 Å². The van der Waals surface area contributed by atoms with E-state index >= 15 is 0 Å². The maximum Gasteiger partial charge on any atom is 0.201 e. The molecule has 0 saturated heterocycles. The van der Waals surface area contributed by atoms with Crippen molar-refractivity contribution < 1.29 is 4.39 Å². The fourth-order valence-corrected chi connectivity index (χ4v) is 3.85. The highest BCUT2D eigenvalue weighted by molar-refractivity contribution is 6.31. The zero-order valence-corrected chi connectivity index (χ0v) is 13.2. The number of imidazole rings is 1. The van der Waals surface area contributed by atoms with Crippen molar-refractivity contribution in [1.29, 1.82) is 0 Å². The lowest BCUT2D eigenvalue weighted by molar-refractivity contribution is 0.189. The number of hydrogen-bond donors (Lipinski definition) is 1. The second-order valence-corrected chi connectivity index (χ2v) is 6.76. The number of benzene rings is 1. The van der Waals surface area contributed by atoms with Crippen LogP contribution in [0.3, 0.4) is 0 Å². The smallest absolute Gasteiger partial charge is 0.201 e. The first-order valence-corrected chi connectivity index (χ1v) is 7.99. The zero-order chi connectivity index (χ0) is 15.1. The molecule has 0 spiro atoms. The van der Waals surface area contributed by atoms with Crippen LogP contribution in [-0.4, -0.2) is 9.55 Å². The fraction of sp³-hybridized carbons (Fsp3) is 0.562. The summed E-state index contributed by atoms with van der Waals surface area (Å²) in [6, 6.07) is 3.32. The van der Waals surface area contributed by atoms with Crippen LogP contribution in [0.5, 0.6) is 0 Å². The molecule has 1 saturated carbocycles. The van der Waals surface area contributed by atoms with Gasteiger partial charge >= 0.3 is 0 Å². The molecule has 2 atom stereocenters. The van der Waals surface area contributed by atoms with E-state index in [1.807, 2.05) is 4.57 Å². The van der Waals surface area contributed by atoms with E-state index in [0.29, 0.717) is 29.3 Å². The van der Waals surface area contributed by atoms with Crippen LogP contribution in [-0.2, 0) is 0 Å². The number of aromatic nitrogens is 2. The minimum absolute atomic E-state index is 0.0937. The normalized spacial score (nSPS) is 23.1. The highest BCUT2D eigenvalue weighted by Crippen LogP contribution is 2.41. The molecule has 1 heterocycles. The lowest BCUT2D eigenvalue weighted by Crippen LogP contribution is -2.27. The summed E-state index contributed by atoms with van der Waals surface area (Å²) in [5.74, 6) is 1.17. The van der Waals surface area contributed by atoms with Crippen molar-refractivity contribution in [3.63, 3.8) is 0 Å². The van der Waals surface area contributed by atoms with Gasteiger partial charge in [-0.3, -0.25) is 0 Å². The van der Waals surface area contributed by atoms with E-state index in [1.165, 1.54) is 25.3 Å². The van der Waals surface area contributed by atoms with Crippen LogP contribution < -0.4 is 5.73 Å². The molecule has 114 valence electrons. The molecule has 1 aromatic heterocycles. The molecule has 3 nitrogen and oxygen atoms in total. The van der Waals surface area contributed by atoms with Gasteiger partial charge in [-0.15, -0.1) is 0 Å². The molecule has 1 aliphatic carbocycles. The molecule has 2 aromatic rings. The molecular formula is C16H21ClFN3. The number of fused-ring (bicyclic) bond motifs is 1. The van der Waals surface area contributed by atoms with Gasteiger partial charge in [0.15, 0.2) is 0 Å². The van der Waals surface area contributed by atoms with Gasteiger partial charge in [0.05, 0.1) is 16.1 Å². The lowest BCUT2D eigenvalue weighted by Gasteiger charge is -2.36. The van der Waals surface area contributed by atoms with E-state index < -0.39 is 5.82 Å². The molecule has 1 aromatic carbocycles. The largest absolute Gasteiger partial charge is 0.369 e. The Morgan fingerprint density at radius 3 is 2.76 bits per heavy atom. The molecule has 5 heteroatoms. The Morgan fingerprint density at radius 2 is 2.05 bits per heavy atom. The van der Waals surface area contributed by atoms with Gasteiger partial charge < -0.3 is 10.3 Å². The Balaban J connectivity index is 2.14. The van der Waals surface area contributed by atoms with E-state index in [2.05, 4.69) is 18.8 Å². The third-order valence-corrected chi connectivity index (χ3v) is 5.02. The van der Waals surface area contributed by atoms with E-state index in [-0.39, 0.29) is 5.02 Å². The Morgan fingerprint density at radius 1 is 1.33 bits per heavy atom. The summed E-state index contributed by atoms with van der Waals surface area (Å²) >= 11 is 5.85. The van der Waals surface area contributed by atoms with Crippen LogP contribution in [0.2, 0.25) is 5.02 Å². The second kappa shape index (κ2) is 5.48. The third kappa shape index (κ3) is 2.50. The number of halogens is 2. The highest BCUT2D eigenvalue weighted by atomic mass is 35.5. The van der Waals surface area contributed by atoms with Crippen molar-refractivity contribution in [2.75, 3.05) is 5.73 Å². The predicted octanol–water partition coefficient (Wildman–Crippen LogP) is 4.80. The molecule has 1 aliphatic rings. The highest BCUT2D eigenvalue weighted by Gasteiger charge is 2.31. The number of nitrogen functional groups attached to an aromatic ring is 1. The summed E-state index contributed by atoms with van der Waals surface area (Å²) in [5, 5.41) is 0.0937. The molecule has 1 fully saturated rings. The molecule has 21 heavy (non-hydrogen) atoms. The molecule has 2 unspecified atom stereocenters. The van der Waals surface area contributed by atoms with Crippen molar-refractivity contribution in [1.82, 2.24) is 9.55 Å². The molecule has 0 bridgehead atoms. The van der Waals surface area contributed by atoms with Crippen molar-refractivity contribution in [3.8, 4) is 0 Å².